The Kier molecular flexibility index (Phi) is 4.46. The minimum Gasteiger partial charge on any atom is -0.381 e. The van der Waals surface area contributed by atoms with E-state index in [1.807, 2.05) is 35.9 Å². The van der Waals surface area contributed by atoms with Gasteiger partial charge in [-0.1, -0.05) is 6.07 Å². The minimum atomic E-state index is -3.26. The summed E-state index contributed by atoms with van der Waals surface area (Å²) in [7, 11) is -3.26. The molecule has 0 radical (unpaired) electrons. The van der Waals surface area contributed by atoms with E-state index in [2.05, 4.69) is 9.71 Å². The van der Waals surface area contributed by atoms with E-state index in [9.17, 15) is 8.42 Å². The quantitative estimate of drug-likeness (QED) is 0.900. The SMILES string of the molecule is Cc1cccn2cc(CCNS(=O)(=O)C3CCOCC3)nc12. The number of aromatic nitrogens is 2. The first kappa shape index (κ1) is 15.5. The highest BCUT2D eigenvalue weighted by Crippen LogP contribution is 2.15. The van der Waals surface area contributed by atoms with E-state index >= 15 is 0 Å². The average molecular weight is 323 g/mol. The van der Waals surface area contributed by atoms with E-state index in [4.69, 9.17) is 4.74 Å². The molecule has 6 nitrogen and oxygen atoms in total. The largest absolute Gasteiger partial charge is 0.381 e. The highest BCUT2D eigenvalue weighted by molar-refractivity contribution is 7.90. The van der Waals surface area contributed by atoms with Crippen LogP contribution in [-0.4, -0.2) is 42.8 Å². The molecule has 1 fully saturated rings. The topological polar surface area (TPSA) is 72.7 Å². The van der Waals surface area contributed by atoms with Crippen molar-refractivity contribution in [3.05, 3.63) is 35.8 Å². The van der Waals surface area contributed by atoms with Gasteiger partial charge in [0.25, 0.3) is 0 Å². The fraction of sp³-hybridized carbons (Fsp3) is 0.533. The van der Waals surface area contributed by atoms with E-state index in [1.165, 1.54) is 0 Å². The Balaban J connectivity index is 1.60. The Bertz CT molecular complexity index is 748. The van der Waals surface area contributed by atoms with Crippen molar-refractivity contribution in [2.75, 3.05) is 19.8 Å². The molecule has 2 aromatic heterocycles. The standard InChI is InChI=1S/C15H21N3O3S/c1-12-3-2-8-18-11-13(17-15(12)18)4-7-16-22(19,20)14-5-9-21-10-6-14/h2-3,8,11,14,16H,4-7,9-10H2,1H3. The zero-order valence-corrected chi connectivity index (χ0v) is 13.5. The van der Waals surface area contributed by atoms with Gasteiger partial charge in [0, 0.05) is 38.6 Å². The van der Waals surface area contributed by atoms with Crippen molar-refractivity contribution in [1.29, 1.82) is 0 Å². The van der Waals surface area contributed by atoms with Crippen LogP contribution >= 0.6 is 0 Å². The zero-order chi connectivity index (χ0) is 15.6. The summed E-state index contributed by atoms with van der Waals surface area (Å²) in [6, 6.07) is 3.99. The number of nitrogens with zero attached hydrogens (tertiary/aromatic N) is 2. The molecule has 0 spiro atoms. The van der Waals surface area contributed by atoms with Crippen LogP contribution in [0.1, 0.15) is 24.1 Å². The molecule has 0 aliphatic carbocycles. The molecule has 0 amide bonds. The van der Waals surface area contributed by atoms with E-state index in [1.54, 1.807) is 0 Å². The molecule has 22 heavy (non-hydrogen) atoms. The lowest BCUT2D eigenvalue weighted by molar-refractivity contribution is 0.0981. The minimum absolute atomic E-state index is 0.329. The predicted molar refractivity (Wildman–Crippen MR) is 84.4 cm³/mol. The number of sulfonamides is 1. The van der Waals surface area contributed by atoms with Crippen molar-refractivity contribution >= 4 is 15.7 Å². The third-order valence-electron chi connectivity index (χ3n) is 4.02. The summed E-state index contributed by atoms with van der Waals surface area (Å²) in [5.41, 5.74) is 2.92. The van der Waals surface area contributed by atoms with E-state index < -0.39 is 10.0 Å². The Morgan fingerprint density at radius 2 is 2.18 bits per heavy atom. The molecule has 0 aromatic carbocycles. The maximum absolute atomic E-state index is 12.2. The Hall–Kier alpha value is -1.44. The zero-order valence-electron chi connectivity index (χ0n) is 12.7. The van der Waals surface area contributed by atoms with Crippen LogP contribution in [0.25, 0.3) is 5.65 Å². The smallest absolute Gasteiger partial charge is 0.214 e. The van der Waals surface area contributed by atoms with Gasteiger partial charge in [-0.2, -0.15) is 0 Å². The average Bonchev–Trinajstić information content (AvgIpc) is 2.92. The van der Waals surface area contributed by atoms with Crippen LogP contribution in [0.3, 0.4) is 0 Å². The van der Waals surface area contributed by atoms with E-state index in [0.717, 1.165) is 16.9 Å². The summed E-state index contributed by atoms with van der Waals surface area (Å²) in [4.78, 5) is 4.55. The van der Waals surface area contributed by atoms with Gasteiger partial charge < -0.3 is 9.14 Å². The monoisotopic (exact) mass is 323 g/mol. The van der Waals surface area contributed by atoms with Gasteiger partial charge in [0.1, 0.15) is 5.65 Å². The molecule has 1 N–H and O–H groups in total. The molecule has 0 saturated carbocycles. The number of ether oxygens (including phenoxy) is 1. The lowest BCUT2D eigenvalue weighted by Gasteiger charge is -2.22. The number of hydrogen-bond donors (Lipinski definition) is 1. The van der Waals surface area contributed by atoms with Crippen molar-refractivity contribution in [1.82, 2.24) is 14.1 Å². The van der Waals surface area contributed by atoms with Crippen LogP contribution < -0.4 is 4.72 Å². The number of pyridine rings is 1. The molecule has 0 unspecified atom stereocenters. The summed E-state index contributed by atoms with van der Waals surface area (Å²) in [5.74, 6) is 0. The maximum atomic E-state index is 12.2. The number of nitrogens with one attached hydrogen (secondary N) is 1. The van der Waals surface area contributed by atoms with Crippen molar-refractivity contribution in [3.63, 3.8) is 0 Å². The Morgan fingerprint density at radius 1 is 1.41 bits per heavy atom. The molecule has 3 heterocycles. The van der Waals surface area contributed by atoms with Gasteiger partial charge in [0.2, 0.25) is 10.0 Å². The number of imidazole rings is 1. The lowest BCUT2D eigenvalue weighted by atomic mass is 10.2. The van der Waals surface area contributed by atoms with Gasteiger partial charge in [-0.05, 0) is 31.4 Å². The van der Waals surface area contributed by atoms with Crippen molar-refractivity contribution < 1.29 is 13.2 Å². The maximum Gasteiger partial charge on any atom is 0.214 e. The first-order chi connectivity index (χ1) is 10.6. The molecule has 1 aliphatic heterocycles. The van der Waals surface area contributed by atoms with Gasteiger partial charge in [-0.15, -0.1) is 0 Å². The van der Waals surface area contributed by atoms with Crippen molar-refractivity contribution in [2.24, 2.45) is 0 Å². The van der Waals surface area contributed by atoms with Crippen LogP contribution in [0.15, 0.2) is 24.5 Å². The summed E-state index contributed by atoms with van der Waals surface area (Å²) in [6.45, 7) is 3.44. The molecular formula is C15H21N3O3S. The molecule has 0 atom stereocenters. The summed E-state index contributed by atoms with van der Waals surface area (Å²) in [6.07, 6.45) is 5.63. The molecule has 1 aliphatic rings. The van der Waals surface area contributed by atoms with Crippen LogP contribution in [0.4, 0.5) is 0 Å². The Labute approximate surface area is 130 Å². The molecule has 1 saturated heterocycles. The number of rotatable bonds is 5. The third-order valence-corrected chi connectivity index (χ3v) is 5.97. The van der Waals surface area contributed by atoms with Crippen LogP contribution in [0.5, 0.6) is 0 Å². The van der Waals surface area contributed by atoms with Gasteiger partial charge in [0.05, 0.1) is 10.9 Å². The highest BCUT2D eigenvalue weighted by Gasteiger charge is 2.27. The van der Waals surface area contributed by atoms with Gasteiger partial charge in [0.15, 0.2) is 0 Å². The highest BCUT2D eigenvalue weighted by atomic mass is 32.2. The number of aryl methyl sites for hydroxylation is 1. The molecule has 3 rings (SSSR count). The fourth-order valence-corrected chi connectivity index (χ4v) is 4.19. The summed E-state index contributed by atoms with van der Waals surface area (Å²) >= 11 is 0. The van der Waals surface area contributed by atoms with Gasteiger partial charge in [-0.3, -0.25) is 0 Å². The second kappa shape index (κ2) is 6.36. The first-order valence-electron chi connectivity index (χ1n) is 7.56. The van der Waals surface area contributed by atoms with Crippen LogP contribution in [0, 0.1) is 6.92 Å². The van der Waals surface area contributed by atoms with Gasteiger partial charge >= 0.3 is 0 Å². The predicted octanol–water partition coefficient (Wildman–Crippen LogP) is 1.28. The van der Waals surface area contributed by atoms with Crippen LogP contribution in [0.2, 0.25) is 0 Å². The third kappa shape index (κ3) is 3.31. The first-order valence-corrected chi connectivity index (χ1v) is 9.10. The number of fused-ring (bicyclic) bond motifs is 1. The summed E-state index contributed by atoms with van der Waals surface area (Å²) in [5, 5.41) is -0.329. The Morgan fingerprint density at radius 3 is 2.91 bits per heavy atom. The van der Waals surface area contributed by atoms with Crippen molar-refractivity contribution in [2.45, 2.75) is 31.4 Å². The molecule has 120 valence electrons. The number of hydrogen-bond acceptors (Lipinski definition) is 4. The second-order valence-electron chi connectivity index (χ2n) is 5.66. The molecule has 2 aromatic rings. The molecule has 0 bridgehead atoms. The molecular weight excluding hydrogens is 302 g/mol. The van der Waals surface area contributed by atoms with E-state index in [-0.39, 0.29) is 5.25 Å². The normalized spacial score (nSPS) is 17.1. The summed E-state index contributed by atoms with van der Waals surface area (Å²) < 4.78 is 34.3. The van der Waals surface area contributed by atoms with E-state index in [0.29, 0.717) is 39.0 Å². The van der Waals surface area contributed by atoms with Crippen LogP contribution in [-0.2, 0) is 21.2 Å². The lowest BCUT2D eigenvalue weighted by Crippen LogP contribution is -2.38. The van der Waals surface area contributed by atoms with Gasteiger partial charge in [-0.25, -0.2) is 18.1 Å². The second-order valence-corrected chi connectivity index (χ2v) is 7.70. The fourth-order valence-electron chi connectivity index (χ4n) is 2.75. The molecule has 7 heteroatoms. The van der Waals surface area contributed by atoms with Crippen molar-refractivity contribution in [3.8, 4) is 0 Å².